The largest absolute Gasteiger partial charge is 0.417 e. The molecule has 1 aromatic heterocycles. The quantitative estimate of drug-likeness (QED) is 0.864. The first-order chi connectivity index (χ1) is 11.3. The van der Waals surface area contributed by atoms with Gasteiger partial charge in [0.05, 0.1) is 22.7 Å². The van der Waals surface area contributed by atoms with Gasteiger partial charge in [-0.2, -0.15) is 17.5 Å². The number of nitrogens with zero attached hydrogens (tertiary/aromatic N) is 3. The number of anilines is 1. The summed E-state index contributed by atoms with van der Waals surface area (Å²) >= 11 is 0. The SMILES string of the molecule is O=S(=O)(C1CCNC1)N1CCN(c2cncc(C(F)(F)F)c2)CC1. The van der Waals surface area contributed by atoms with Gasteiger partial charge in [0.1, 0.15) is 0 Å². The predicted octanol–water partition coefficient (Wildman–Crippen LogP) is 0.914. The van der Waals surface area contributed by atoms with Crippen LogP contribution >= 0.6 is 0 Å². The maximum Gasteiger partial charge on any atom is 0.417 e. The topological polar surface area (TPSA) is 65.5 Å². The highest BCUT2D eigenvalue weighted by Gasteiger charge is 2.36. The average molecular weight is 364 g/mol. The summed E-state index contributed by atoms with van der Waals surface area (Å²) in [6, 6.07) is 1.05. The number of aromatic nitrogens is 1. The van der Waals surface area contributed by atoms with Gasteiger partial charge in [-0.3, -0.25) is 4.98 Å². The summed E-state index contributed by atoms with van der Waals surface area (Å²) < 4.78 is 64.8. The molecule has 2 aliphatic rings. The number of nitrogens with one attached hydrogen (secondary N) is 1. The van der Waals surface area contributed by atoms with E-state index in [1.54, 1.807) is 4.90 Å². The van der Waals surface area contributed by atoms with Crippen LogP contribution in [-0.4, -0.2) is 62.2 Å². The first kappa shape index (κ1) is 17.4. The van der Waals surface area contributed by atoms with Crippen LogP contribution in [0.2, 0.25) is 0 Å². The minimum atomic E-state index is -4.44. The van der Waals surface area contributed by atoms with Crippen molar-refractivity contribution in [1.29, 1.82) is 0 Å². The van der Waals surface area contributed by atoms with Crippen molar-refractivity contribution in [1.82, 2.24) is 14.6 Å². The summed E-state index contributed by atoms with van der Waals surface area (Å²) in [5.41, 5.74) is -0.434. The smallest absolute Gasteiger partial charge is 0.368 e. The normalized spacial score (nSPS) is 23.6. The van der Waals surface area contributed by atoms with Gasteiger partial charge in [0.15, 0.2) is 0 Å². The number of alkyl halides is 3. The Labute approximate surface area is 138 Å². The minimum absolute atomic E-state index is 0.273. The van der Waals surface area contributed by atoms with Gasteiger partial charge >= 0.3 is 6.18 Å². The molecule has 0 amide bonds. The Balaban J connectivity index is 1.67. The molecular weight excluding hydrogens is 345 g/mol. The summed E-state index contributed by atoms with van der Waals surface area (Å²) in [4.78, 5) is 5.39. The highest BCUT2D eigenvalue weighted by molar-refractivity contribution is 7.89. The summed E-state index contributed by atoms with van der Waals surface area (Å²) in [6.07, 6.45) is -1.68. The van der Waals surface area contributed by atoms with E-state index in [1.165, 1.54) is 10.5 Å². The monoisotopic (exact) mass is 364 g/mol. The Morgan fingerprint density at radius 3 is 2.46 bits per heavy atom. The van der Waals surface area contributed by atoms with Crippen LogP contribution in [-0.2, 0) is 16.2 Å². The molecule has 0 aliphatic carbocycles. The van der Waals surface area contributed by atoms with Crippen molar-refractivity contribution < 1.29 is 21.6 Å². The third-order valence-corrected chi connectivity index (χ3v) is 6.78. The molecule has 6 nitrogen and oxygen atoms in total. The number of sulfonamides is 1. The summed E-state index contributed by atoms with van der Waals surface area (Å²) in [6.45, 7) is 2.40. The molecule has 134 valence electrons. The van der Waals surface area contributed by atoms with Gasteiger partial charge in [-0.25, -0.2) is 8.42 Å². The lowest BCUT2D eigenvalue weighted by atomic mass is 10.2. The van der Waals surface area contributed by atoms with Crippen LogP contribution in [0, 0.1) is 0 Å². The molecule has 0 radical (unpaired) electrons. The van der Waals surface area contributed by atoms with Crippen LogP contribution in [0.4, 0.5) is 18.9 Å². The number of pyridine rings is 1. The van der Waals surface area contributed by atoms with E-state index in [-0.39, 0.29) is 13.1 Å². The molecule has 1 N–H and O–H groups in total. The zero-order valence-electron chi connectivity index (χ0n) is 13.0. The Kier molecular flexibility index (Phi) is 4.71. The Bertz CT molecular complexity index is 682. The molecule has 0 aromatic carbocycles. The van der Waals surface area contributed by atoms with E-state index in [9.17, 15) is 21.6 Å². The second-order valence-electron chi connectivity index (χ2n) is 5.98. The lowest BCUT2D eigenvalue weighted by Crippen LogP contribution is -2.51. The lowest BCUT2D eigenvalue weighted by molar-refractivity contribution is -0.137. The van der Waals surface area contributed by atoms with Crippen LogP contribution in [0.15, 0.2) is 18.5 Å². The van der Waals surface area contributed by atoms with Gasteiger partial charge in [0.2, 0.25) is 10.0 Å². The van der Waals surface area contributed by atoms with Crippen molar-refractivity contribution in [3.05, 3.63) is 24.0 Å². The maximum absolute atomic E-state index is 12.8. The number of hydrogen-bond donors (Lipinski definition) is 1. The molecular formula is C14H19F3N4O2S. The molecule has 2 aliphatic heterocycles. The van der Waals surface area contributed by atoms with Gasteiger partial charge in [-0.15, -0.1) is 0 Å². The van der Waals surface area contributed by atoms with Crippen molar-refractivity contribution in [3.8, 4) is 0 Å². The zero-order valence-corrected chi connectivity index (χ0v) is 13.8. The lowest BCUT2D eigenvalue weighted by Gasteiger charge is -2.36. The van der Waals surface area contributed by atoms with Gasteiger partial charge < -0.3 is 10.2 Å². The number of halogens is 3. The fourth-order valence-corrected chi connectivity index (χ4v) is 4.89. The molecule has 10 heteroatoms. The molecule has 24 heavy (non-hydrogen) atoms. The van der Waals surface area contributed by atoms with Gasteiger partial charge in [-0.05, 0) is 19.0 Å². The zero-order chi connectivity index (χ0) is 17.4. The van der Waals surface area contributed by atoms with Crippen LogP contribution in [0.1, 0.15) is 12.0 Å². The second kappa shape index (κ2) is 6.49. The van der Waals surface area contributed by atoms with Crippen molar-refractivity contribution in [2.45, 2.75) is 17.8 Å². The fourth-order valence-electron chi connectivity index (χ4n) is 3.05. The predicted molar refractivity (Wildman–Crippen MR) is 83.2 cm³/mol. The van der Waals surface area contributed by atoms with Gasteiger partial charge in [-0.1, -0.05) is 0 Å². The van der Waals surface area contributed by atoms with Crippen molar-refractivity contribution >= 4 is 15.7 Å². The highest BCUT2D eigenvalue weighted by atomic mass is 32.2. The standard InChI is InChI=1S/C14H19F3N4O2S/c15-14(16,17)11-7-12(9-19-8-11)20-3-5-21(6-4-20)24(22,23)13-1-2-18-10-13/h7-9,13,18H,1-6,10H2. The van der Waals surface area contributed by atoms with E-state index in [0.717, 1.165) is 12.3 Å². The van der Waals surface area contributed by atoms with E-state index in [1.807, 2.05) is 0 Å². The van der Waals surface area contributed by atoms with Crippen molar-refractivity contribution in [2.24, 2.45) is 0 Å². The molecule has 0 saturated carbocycles. The molecule has 0 bridgehead atoms. The van der Waals surface area contributed by atoms with E-state index in [4.69, 9.17) is 0 Å². The average Bonchev–Trinajstić information content (AvgIpc) is 3.10. The number of rotatable bonds is 3. The first-order valence-electron chi connectivity index (χ1n) is 7.75. The summed E-state index contributed by atoms with van der Waals surface area (Å²) in [5.74, 6) is 0. The number of piperazine rings is 1. The Morgan fingerprint density at radius 1 is 1.17 bits per heavy atom. The van der Waals surface area contributed by atoms with Crippen molar-refractivity contribution in [2.75, 3.05) is 44.2 Å². The van der Waals surface area contributed by atoms with Gasteiger partial charge in [0, 0.05) is 38.9 Å². The van der Waals surface area contributed by atoms with Crippen LogP contribution in [0.25, 0.3) is 0 Å². The molecule has 2 saturated heterocycles. The third-order valence-electron chi connectivity index (χ3n) is 4.45. The van der Waals surface area contributed by atoms with E-state index in [0.29, 0.717) is 38.3 Å². The van der Waals surface area contributed by atoms with Crippen LogP contribution in [0.3, 0.4) is 0 Å². The molecule has 1 atom stereocenters. The molecule has 1 aromatic rings. The summed E-state index contributed by atoms with van der Waals surface area (Å²) in [7, 11) is -3.35. The third kappa shape index (κ3) is 3.50. The van der Waals surface area contributed by atoms with Crippen molar-refractivity contribution in [3.63, 3.8) is 0 Å². The fraction of sp³-hybridized carbons (Fsp3) is 0.643. The van der Waals surface area contributed by atoms with E-state index >= 15 is 0 Å². The van der Waals surface area contributed by atoms with E-state index in [2.05, 4.69) is 10.3 Å². The highest BCUT2D eigenvalue weighted by Crippen LogP contribution is 2.31. The molecule has 1 unspecified atom stereocenters. The van der Waals surface area contributed by atoms with Gasteiger partial charge in [0.25, 0.3) is 0 Å². The first-order valence-corrected chi connectivity index (χ1v) is 9.25. The molecule has 3 heterocycles. The number of hydrogen-bond acceptors (Lipinski definition) is 5. The maximum atomic E-state index is 12.8. The molecule has 0 spiro atoms. The second-order valence-corrected chi connectivity index (χ2v) is 8.19. The Morgan fingerprint density at radius 2 is 1.88 bits per heavy atom. The van der Waals surface area contributed by atoms with E-state index < -0.39 is 27.0 Å². The van der Waals surface area contributed by atoms with Crippen LogP contribution in [0.5, 0.6) is 0 Å². The molecule has 2 fully saturated rings. The molecule has 3 rings (SSSR count). The summed E-state index contributed by atoms with van der Waals surface area (Å²) in [5, 5.41) is 2.64. The van der Waals surface area contributed by atoms with Crippen LogP contribution < -0.4 is 10.2 Å². The minimum Gasteiger partial charge on any atom is -0.368 e. The Hall–Kier alpha value is -1.39.